The molecule has 2 unspecified atom stereocenters. The molecule has 0 aliphatic rings. The van der Waals surface area contributed by atoms with Crippen LogP contribution in [0.15, 0.2) is 18.2 Å². The SMILES string of the molecule is Cc1ccc(O)c(C(C)NCCC(C)O)c1. The van der Waals surface area contributed by atoms with Gasteiger partial charge in [0.25, 0.3) is 0 Å². The van der Waals surface area contributed by atoms with Crippen LogP contribution in [-0.2, 0) is 0 Å². The van der Waals surface area contributed by atoms with Crippen LogP contribution in [0.25, 0.3) is 0 Å². The van der Waals surface area contributed by atoms with Gasteiger partial charge in [-0.3, -0.25) is 0 Å². The first-order chi connectivity index (χ1) is 7.50. The molecule has 0 aliphatic heterocycles. The number of benzene rings is 1. The first-order valence-corrected chi connectivity index (χ1v) is 5.71. The Balaban J connectivity index is 2.58. The molecule has 3 nitrogen and oxygen atoms in total. The molecule has 0 spiro atoms. The molecule has 0 heterocycles. The highest BCUT2D eigenvalue weighted by atomic mass is 16.3. The Kier molecular flexibility index (Phi) is 4.77. The van der Waals surface area contributed by atoms with Gasteiger partial charge in [-0.2, -0.15) is 0 Å². The maximum Gasteiger partial charge on any atom is 0.120 e. The summed E-state index contributed by atoms with van der Waals surface area (Å²) in [4.78, 5) is 0. The van der Waals surface area contributed by atoms with E-state index in [2.05, 4.69) is 5.32 Å². The summed E-state index contributed by atoms with van der Waals surface area (Å²) in [5, 5.41) is 22.1. The lowest BCUT2D eigenvalue weighted by atomic mass is 10.0. The zero-order valence-corrected chi connectivity index (χ0v) is 10.2. The van der Waals surface area contributed by atoms with Gasteiger partial charge in [0.15, 0.2) is 0 Å². The molecule has 1 aromatic carbocycles. The summed E-state index contributed by atoms with van der Waals surface area (Å²) in [5.41, 5.74) is 2.04. The fraction of sp³-hybridized carbons (Fsp3) is 0.538. The number of aromatic hydroxyl groups is 1. The Morgan fingerprint density at radius 3 is 2.62 bits per heavy atom. The van der Waals surface area contributed by atoms with Gasteiger partial charge < -0.3 is 15.5 Å². The van der Waals surface area contributed by atoms with Gasteiger partial charge in [0.05, 0.1) is 6.10 Å². The second-order valence-corrected chi connectivity index (χ2v) is 4.38. The highest BCUT2D eigenvalue weighted by Gasteiger charge is 2.09. The van der Waals surface area contributed by atoms with Crippen LogP contribution in [0.3, 0.4) is 0 Å². The van der Waals surface area contributed by atoms with Crippen molar-refractivity contribution in [1.82, 2.24) is 5.32 Å². The number of aliphatic hydroxyl groups is 1. The van der Waals surface area contributed by atoms with Crippen LogP contribution >= 0.6 is 0 Å². The first kappa shape index (κ1) is 13.0. The third-order valence-electron chi connectivity index (χ3n) is 2.66. The number of aryl methyl sites for hydroxylation is 1. The van der Waals surface area contributed by atoms with Crippen molar-refractivity contribution in [2.24, 2.45) is 0 Å². The van der Waals surface area contributed by atoms with Gasteiger partial charge in [0.2, 0.25) is 0 Å². The van der Waals surface area contributed by atoms with Crippen molar-refractivity contribution in [3.63, 3.8) is 0 Å². The smallest absolute Gasteiger partial charge is 0.120 e. The van der Waals surface area contributed by atoms with E-state index in [1.165, 1.54) is 0 Å². The molecule has 90 valence electrons. The monoisotopic (exact) mass is 223 g/mol. The second-order valence-electron chi connectivity index (χ2n) is 4.38. The lowest BCUT2D eigenvalue weighted by Crippen LogP contribution is -2.22. The van der Waals surface area contributed by atoms with Crippen molar-refractivity contribution in [1.29, 1.82) is 0 Å². The molecule has 1 rings (SSSR count). The maximum absolute atomic E-state index is 9.72. The van der Waals surface area contributed by atoms with E-state index in [0.29, 0.717) is 5.75 Å². The van der Waals surface area contributed by atoms with E-state index in [4.69, 9.17) is 5.11 Å². The van der Waals surface area contributed by atoms with Crippen molar-refractivity contribution in [3.8, 4) is 5.75 Å². The largest absolute Gasteiger partial charge is 0.508 e. The third kappa shape index (κ3) is 3.83. The van der Waals surface area contributed by atoms with Gasteiger partial charge in [-0.25, -0.2) is 0 Å². The van der Waals surface area contributed by atoms with E-state index < -0.39 is 0 Å². The minimum absolute atomic E-state index is 0.0960. The van der Waals surface area contributed by atoms with E-state index in [1.807, 2.05) is 26.0 Å². The molecule has 3 N–H and O–H groups in total. The zero-order valence-electron chi connectivity index (χ0n) is 10.2. The predicted molar refractivity (Wildman–Crippen MR) is 65.6 cm³/mol. The number of phenolic OH excluding ortho intramolecular Hbond substituents is 1. The number of hydrogen-bond acceptors (Lipinski definition) is 3. The van der Waals surface area contributed by atoms with E-state index in [9.17, 15) is 5.11 Å². The quantitative estimate of drug-likeness (QED) is 0.716. The van der Waals surface area contributed by atoms with Crippen LogP contribution < -0.4 is 5.32 Å². The number of hydrogen-bond donors (Lipinski definition) is 3. The van der Waals surface area contributed by atoms with Crippen LogP contribution in [0.5, 0.6) is 5.75 Å². The summed E-state index contributed by atoms with van der Waals surface area (Å²) >= 11 is 0. The topological polar surface area (TPSA) is 52.5 Å². The predicted octanol–water partition coefficient (Wildman–Crippen LogP) is 2.12. The third-order valence-corrected chi connectivity index (χ3v) is 2.66. The average Bonchev–Trinajstić information content (AvgIpc) is 2.21. The lowest BCUT2D eigenvalue weighted by Gasteiger charge is -2.16. The van der Waals surface area contributed by atoms with E-state index >= 15 is 0 Å². The summed E-state index contributed by atoms with van der Waals surface area (Å²) in [6, 6.07) is 5.69. The fourth-order valence-corrected chi connectivity index (χ4v) is 1.64. The van der Waals surface area contributed by atoms with Gasteiger partial charge in [0.1, 0.15) is 5.75 Å². The minimum atomic E-state index is -0.286. The van der Waals surface area contributed by atoms with E-state index in [1.54, 1.807) is 13.0 Å². The number of nitrogens with one attached hydrogen (secondary N) is 1. The Labute approximate surface area is 97.1 Å². The molecule has 1 aromatic rings. The van der Waals surface area contributed by atoms with E-state index in [-0.39, 0.29) is 12.1 Å². The average molecular weight is 223 g/mol. The lowest BCUT2D eigenvalue weighted by molar-refractivity contribution is 0.182. The molecule has 0 saturated heterocycles. The molecule has 16 heavy (non-hydrogen) atoms. The van der Waals surface area contributed by atoms with Crippen molar-refractivity contribution in [2.75, 3.05) is 6.54 Å². The van der Waals surface area contributed by atoms with Crippen molar-refractivity contribution >= 4 is 0 Å². The van der Waals surface area contributed by atoms with Gasteiger partial charge in [-0.05, 0) is 39.8 Å². The highest BCUT2D eigenvalue weighted by Crippen LogP contribution is 2.24. The Morgan fingerprint density at radius 1 is 1.31 bits per heavy atom. The normalized spacial score (nSPS) is 14.8. The zero-order chi connectivity index (χ0) is 12.1. The molecular formula is C13H21NO2. The van der Waals surface area contributed by atoms with Crippen molar-refractivity contribution in [3.05, 3.63) is 29.3 Å². The summed E-state index contributed by atoms with van der Waals surface area (Å²) in [7, 11) is 0. The fourth-order valence-electron chi connectivity index (χ4n) is 1.64. The van der Waals surface area contributed by atoms with Crippen molar-refractivity contribution in [2.45, 2.75) is 39.3 Å². The molecule has 0 saturated carbocycles. The molecule has 0 radical (unpaired) electrons. The molecule has 0 aromatic heterocycles. The molecule has 0 fully saturated rings. The minimum Gasteiger partial charge on any atom is -0.508 e. The van der Waals surface area contributed by atoms with E-state index in [0.717, 1.165) is 24.1 Å². The molecule has 0 bridgehead atoms. The van der Waals surface area contributed by atoms with Crippen molar-refractivity contribution < 1.29 is 10.2 Å². The highest BCUT2D eigenvalue weighted by molar-refractivity contribution is 5.37. The molecule has 0 aliphatic carbocycles. The second kappa shape index (κ2) is 5.87. The van der Waals surface area contributed by atoms with Gasteiger partial charge in [-0.1, -0.05) is 17.7 Å². The van der Waals surface area contributed by atoms with Gasteiger partial charge in [-0.15, -0.1) is 0 Å². The first-order valence-electron chi connectivity index (χ1n) is 5.71. The summed E-state index contributed by atoms with van der Waals surface area (Å²) in [5.74, 6) is 0.322. The molecular weight excluding hydrogens is 202 g/mol. The Bertz CT molecular complexity index is 337. The van der Waals surface area contributed by atoms with Gasteiger partial charge in [0, 0.05) is 11.6 Å². The summed E-state index contributed by atoms with van der Waals surface area (Å²) in [6.07, 6.45) is 0.433. The maximum atomic E-state index is 9.72. The number of aliphatic hydroxyl groups excluding tert-OH is 1. The van der Waals surface area contributed by atoms with Crippen LogP contribution in [0.2, 0.25) is 0 Å². The summed E-state index contributed by atoms with van der Waals surface area (Å²) < 4.78 is 0. The van der Waals surface area contributed by atoms with Crippen LogP contribution in [0.4, 0.5) is 0 Å². The Hall–Kier alpha value is -1.06. The molecule has 3 heteroatoms. The van der Waals surface area contributed by atoms with Gasteiger partial charge >= 0.3 is 0 Å². The van der Waals surface area contributed by atoms with Crippen LogP contribution in [-0.4, -0.2) is 22.9 Å². The number of rotatable bonds is 5. The van der Waals surface area contributed by atoms with Crippen LogP contribution in [0.1, 0.15) is 37.4 Å². The molecule has 2 atom stereocenters. The molecule has 0 amide bonds. The van der Waals surface area contributed by atoms with Crippen LogP contribution in [0, 0.1) is 6.92 Å². The summed E-state index contributed by atoms with van der Waals surface area (Å²) in [6.45, 7) is 6.53. The number of phenols is 1. The standard InChI is InChI=1S/C13H21NO2/c1-9-4-5-13(16)12(8-9)11(3)14-7-6-10(2)15/h4-5,8,10-11,14-16H,6-7H2,1-3H3. The Morgan fingerprint density at radius 2 is 2.00 bits per heavy atom.